The number of carboxylic acid groups (broad SMARTS) is 1. The van der Waals surface area contributed by atoms with Gasteiger partial charge in [0.25, 0.3) is 0 Å². The van der Waals surface area contributed by atoms with Gasteiger partial charge in [-0.05, 0) is 156 Å². The van der Waals surface area contributed by atoms with Gasteiger partial charge in [0.1, 0.15) is 22.9 Å². The van der Waals surface area contributed by atoms with Crippen LogP contribution in [-0.2, 0) is 54.5 Å². The molecule has 0 unspecified atom stereocenters. The van der Waals surface area contributed by atoms with Gasteiger partial charge in [0, 0.05) is 90.5 Å². The summed E-state index contributed by atoms with van der Waals surface area (Å²) in [5.41, 5.74) is 4.62. The fourth-order valence-electron chi connectivity index (χ4n) is 11.8. The monoisotopic (exact) mass is 1250 g/mol. The molecule has 6 aromatic carbocycles. The van der Waals surface area contributed by atoms with Crippen LogP contribution in [0, 0.1) is 0 Å². The maximum atomic E-state index is 13.8. The lowest BCUT2D eigenvalue weighted by Crippen LogP contribution is -2.46. The van der Waals surface area contributed by atoms with Crippen LogP contribution in [0.4, 0.5) is 9.59 Å². The first kappa shape index (κ1) is 67.6. The maximum absolute atomic E-state index is 13.8. The third-order valence-corrected chi connectivity index (χ3v) is 16.2. The highest BCUT2D eigenvalue weighted by Crippen LogP contribution is 2.34. The minimum Gasteiger partial charge on any atom is -0.481 e. The van der Waals surface area contributed by atoms with Crippen LogP contribution >= 0.6 is 23.2 Å². The molecule has 0 spiro atoms. The van der Waals surface area contributed by atoms with Crippen LogP contribution in [0.3, 0.4) is 0 Å². The number of halogens is 2. The summed E-state index contributed by atoms with van der Waals surface area (Å²) in [6, 6.07) is 39.2. The van der Waals surface area contributed by atoms with E-state index < -0.39 is 41.4 Å². The molecule has 2 saturated heterocycles. The molecule has 10 rings (SSSR count). The number of piperidine rings is 2. The molecule has 2 aliphatic rings. The number of imidazole rings is 2. The summed E-state index contributed by atoms with van der Waals surface area (Å²) in [5.74, 6) is 1.73. The van der Waals surface area contributed by atoms with Gasteiger partial charge in [-0.3, -0.25) is 9.59 Å². The number of methoxy groups -OCH3 is 2. The molecule has 2 aliphatic heterocycles. The number of fused-ring (bicyclic) bond motifs is 4. The Morgan fingerprint density at radius 1 is 0.618 bits per heavy atom. The first-order valence-electron chi connectivity index (χ1n) is 31.1. The van der Waals surface area contributed by atoms with Crippen LogP contribution in [0.25, 0.3) is 43.6 Å². The number of hydrogen-bond acceptors (Lipinski definition) is 11. The first-order valence-corrected chi connectivity index (χ1v) is 31.8. The second-order valence-electron chi connectivity index (χ2n) is 25.1. The van der Waals surface area contributed by atoms with Crippen LogP contribution in [0.2, 0.25) is 10.0 Å². The van der Waals surface area contributed by atoms with E-state index in [1.54, 1.807) is 35.0 Å². The van der Waals surface area contributed by atoms with Crippen LogP contribution in [-0.4, -0.2) is 130 Å². The van der Waals surface area contributed by atoms with Crippen LogP contribution < -0.4 is 16.0 Å². The van der Waals surface area contributed by atoms with E-state index in [2.05, 4.69) is 55.4 Å². The smallest absolute Gasteiger partial charge is 0.407 e. The SMILES string of the molecule is CC(C)(C)OC(=O)N[C@@H](CC(=O)O)Cc1ccc2ccccc2c1.COCCCn1c([C@@H]2CCCN(C(=O)C[C@@H](Cc3ccc4ccccc4c3)NC(=O)OC(C)(C)C)C2)nc2cccc(Cl)c21.COCCCn1c([C@@H]2CCCNC2)nc2cccc(Cl)c21. The summed E-state index contributed by atoms with van der Waals surface area (Å²) >= 11 is 13.1. The molecule has 2 aromatic heterocycles. The van der Waals surface area contributed by atoms with Gasteiger partial charge in [-0.25, -0.2) is 19.6 Å². The standard InChI is InChI=1S/C35H43ClN4O4.C19H23NO4.C16H22ClN3O/c1-35(2,3)44-34(42)37-28(21-24-15-16-25-10-5-6-11-26(25)20-24)22-31(41)39-17-8-12-27(23-39)33-38-30-14-7-13-29(36)32(30)40(33)18-9-19-43-4;1-19(2,3)24-18(23)20-16(12-17(21)22)11-13-8-9-14-6-4-5-7-15(14)10-13;1-21-10-4-9-20-15-13(17)6-2-7-14(15)19-16(20)12-5-3-8-18-11-12/h5-7,10-11,13-16,20,27-28H,8-9,12,17-19,21-23H2,1-4H3,(H,37,42);4-10,16H,11-12H2,1-3H3,(H,20,23)(H,21,22);2,6-7,12,18H,3-5,8-11H2,1H3/t27-,28-;16-;12-/m111/s1. The zero-order chi connectivity index (χ0) is 63.7. The number of carboxylic acids is 1. The molecule has 4 heterocycles. The van der Waals surface area contributed by atoms with E-state index in [0.717, 1.165) is 124 Å². The number of benzene rings is 6. The fraction of sp³-hybridized carbons (Fsp3) is 0.457. The van der Waals surface area contributed by atoms with Gasteiger partial charge in [0.15, 0.2) is 0 Å². The Balaban J connectivity index is 0.000000191. The number of aliphatic carboxylic acids is 1. The van der Waals surface area contributed by atoms with Gasteiger partial charge in [-0.15, -0.1) is 0 Å². The quantitative estimate of drug-likeness (QED) is 0.0527. The molecule has 0 bridgehead atoms. The maximum Gasteiger partial charge on any atom is 0.407 e. The van der Waals surface area contributed by atoms with Crippen molar-refractivity contribution in [2.45, 2.75) is 154 Å². The van der Waals surface area contributed by atoms with E-state index in [1.165, 1.54) is 18.7 Å². The van der Waals surface area contributed by atoms with E-state index in [0.29, 0.717) is 43.5 Å². The molecule has 0 saturated carbocycles. The fourth-order valence-corrected chi connectivity index (χ4v) is 12.3. The Hall–Kier alpha value is -7.28. The second-order valence-corrected chi connectivity index (χ2v) is 25.9. The summed E-state index contributed by atoms with van der Waals surface area (Å²) in [6.07, 6.45) is 5.86. The van der Waals surface area contributed by atoms with Crippen molar-refractivity contribution in [3.63, 3.8) is 0 Å². The lowest BCUT2D eigenvalue weighted by atomic mass is 9.95. The average molecular weight is 1260 g/mol. The molecule has 3 amide bonds. The minimum absolute atomic E-state index is 0.0108. The summed E-state index contributed by atoms with van der Waals surface area (Å²) < 4.78 is 25.8. The highest BCUT2D eigenvalue weighted by Gasteiger charge is 2.32. The van der Waals surface area contributed by atoms with Crippen LogP contribution in [0.1, 0.15) is 128 Å². The van der Waals surface area contributed by atoms with E-state index in [4.69, 9.17) is 57.2 Å². The molecule has 19 heteroatoms. The number of carbonyl (C=O) groups excluding carboxylic acids is 3. The molecule has 4 atom stereocenters. The summed E-state index contributed by atoms with van der Waals surface area (Å²) in [6.45, 7) is 17.2. The number of hydrogen-bond donors (Lipinski definition) is 4. The molecule has 17 nitrogen and oxygen atoms in total. The number of carbonyl (C=O) groups is 4. The zero-order valence-electron chi connectivity index (χ0n) is 52.8. The number of rotatable bonds is 20. The van der Waals surface area contributed by atoms with E-state index in [-0.39, 0.29) is 24.7 Å². The predicted octanol–water partition coefficient (Wildman–Crippen LogP) is 14.1. The Labute approximate surface area is 533 Å². The Morgan fingerprint density at radius 2 is 1.09 bits per heavy atom. The summed E-state index contributed by atoms with van der Waals surface area (Å²) in [5, 5.41) is 24.2. The van der Waals surface area contributed by atoms with Gasteiger partial charge >= 0.3 is 18.2 Å². The van der Waals surface area contributed by atoms with Gasteiger partial charge in [0.05, 0.1) is 38.5 Å². The average Bonchev–Trinajstić information content (AvgIpc) is 1.77. The zero-order valence-corrected chi connectivity index (χ0v) is 54.3. The minimum atomic E-state index is -0.961. The highest BCUT2D eigenvalue weighted by atomic mass is 35.5. The van der Waals surface area contributed by atoms with Gasteiger partial charge in [-0.1, -0.05) is 120 Å². The van der Waals surface area contributed by atoms with E-state index in [9.17, 15) is 19.2 Å². The Bertz CT molecular complexity index is 3660. The number of nitrogens with zero attached hydrogens (tertiary/aromatic N) is 5. The van der Waals surface area contributed by atoms with E-state index >= 15 is 0 Å². The van der Waals surface area contributed by atoms with Crippen LogP contribution in [0.15, 0.2) is 121 Å². The number of amides is 3. The van der Waals surface area contributed by atoms with Crippen molar-refractivity contribution in [3.8, 4) is 0 Å². The molecular formula is C70H88Cl2N8O9. The van der Waals surface area contributed by atoms with Gasteiger partial charge in [-0.2, -0.15) is 0 Å². The molecule has 2 fully saturated rings. The lowest BCUT2D eigenvalue weighted by molar-refractivity contribution is -0.137. The molecule has 89 heavy (non-hydrogen) atoms. The largest absolute Gasteiger partial charge is 0.481 e. The summed E-state index contributed by atoms with van der Waals surface area (Å²) in [7, 11) is 3.44. The summed E-state index contributed by atoms with van der Waals surface area (Å²) in [4.78, 5) is 61.5. The highest BCUT2D eigenvalue weighted by molar-refractivity contribution is 6.35. The van der Waals surface area contributed by atoms with E-state index in [1.807, 2.05) is 117 Å². The molecule has 8 aromatic rings. The third kappa shape index (κ3) is 19.9. The third-order valence-electron chi connectivity index (χ3n) is 15.6. The number of aryl methyl sites for hydroxylation is 2. The van der Waals surface area contributed by atoms with Gasteiger partial charge in [0.2, 0.25) is 5.91 Å². The normalized spacial score (nSPS) is 16.0. The first-order chi connectivity index (χ1) is 42.6. The molecular weight excluding hydrogens is 1170 g/mol. The van der Waals surface area contributed by atoms with Crippen molar-refractivity contribution in [1.82, 2.24) is 40.0 Å². The van der Waals surface area contributed by atoms with Crippen molar-refractivity contribution in [1.29, 1.82) is 0 Å². The lowest BCUT2D eigenvalue weighted by Gasteiger charge is -2.34. The number of nitrogens with one attached hydrogen (secondary N) is 3. The number of para-hydroxylation sites is 2. The number of likely N-dealkylation sites (tertiary alicyclic amines) is 1. The Kier molecular flexibility index (Phi) is 24.3. The molecule has 4 N–H and O–H groups in total. The molecule has 0 aliphatic carbocycles. The van der Waals surface area contributed by atoms with Crippen molar-refractivity contribution >= 4 is 90.9 Å². The van der Waals surface area contributed by atoms with Crippen molar-refractivity contribution < 1.29 is 43.2 Å². The number of ether oxygens (including phenoxy) is 4. The number of aromatic nitrogens is 4. The van der Waals surface area contributed by atoms with Crippen molar-refractivity contribution in [2.24, 2.45) is 0 Å². The van der Waals surface area contributed by atoms with Gasteiger partial charge < -0.3 is 54.0 Å². The molecule has 476 valence electrons. The van der Waals surface area contributed by atoms with Crippen molar-refractivity contribution in [2.75, 3.05) is 53.6 Å². The molecule has 0 radical (unpaired) electrons. The van der Waals surface area contributed by atoms with Crippen molar-refractivity contribution in [3.05, 3.63) is 154 Å². The number of alkyl carbamates (subject to hydrolysis) is 2. The second kappa shape index (κ2) is 31.9. The topological polar surface area (TPSA) is 200 Å². The Morgan fingerprint density at radius 3 is 1.55 bits per heavy atom. The van der Waals surface area contributed by atoms with Crippen LogP contribution in [0.5, 0.6) is 0 Å². The predicted molar refractivity (Wildman–Crippen MR) is 354 cm³/mol.